The van der Waals surface area contributed by atoms with E-state index in [0.717, 1.165) is 16.3 Å². The lowest BCUT2D eigenvalue weighted by atomic mass is 10.0. The first-order valence-corrected chi connectivity index (χ1v) is 8.52. The van der Waals surface area contributed by atoms with E-state index in [9.17, 15) is 9.59 Å². The summed E-state index contributed by atoms with van der Waals surface area (Å²) in [6.07, 6.45) is 1.67. The van der Waals surface area contributed by atoms with Crippen LogP contribution in [0.2, 0.25) is 0 Å². The Kier molecular flexibility index (Phi) is 4.71. The van der Waals surface area contributed by atoms with Crippen LogP contribution in [-0.4, -0.2) is 22.0 Å². The first kappa shape index (κ1) is 15.7. The van der Waals surface area contributed by atoms with E-state index in [4.69, 9.17) is 5.11 Å². The lowest BCUT2D eigenvalue weighted by Gasteiger charge is -2.09. The van der Waals surface area contributed by atoms with Gasteiger partial charge in [0.2, 0.25) is 5.91 Å². The Morgan fingerprint density at radius 2 is 1.96 bits per heavy atom. The molecule has 1 fully saturated rings. The standard InChI is InChI=1S/C17H18N2O3S/c20-16(12-6-7-13(8-12)17(21)22)18-9-15-19-14(10-23-15)11-4-2-1-3-5-11/h1-5,10,12-13H,6-9H2,(H,18,20)(H,21,22)/t12-,13+/m0/s1. The van der Waals surface area contributed by atoms with Gasteiger partial charge in [-0.1, -0.05) is 30.3 Å². The van der Waals surface area contributed by atoms with Crippen molar-refractivity contribution in [2.45, 2.75) is 25.8 Å². The zero-order chi connectivity index (χ0) is 16.2. The van der Waals surface area contributed by atoms with Crippen LogP contribution in [0.25, 0.3) is 11.3 Å². The molecule has 0 spiro atoms. The molecule has 1 heterocycles. The van der Waals surface area contributed by atoms with Crippen LogP contribution >= 0.6 is 11.3 Å². The van der Waals surface area contributed by atoms with Gasteiger partial charge in [-0.2, -0.15) is 0 Å². The Morgan fingerprint density at radius 3 is 2.65 bits per heavy atom. The van der Waals surface area contributed by atoms with E-state index in [0.29, 0.717) is 25.8 Å². The van der Waals surface area contributed by atoms with Crippen molar-refractivity contribution in [1.29, 1.82) is 0 Å². The number of nitrogens with zero attached hydrogens (tertiary/aromatic N) is 1. The lowest BCUT2D eigenvalue weighted by molar-refractivity contribution is -0.141. The zero-order valence-corrected chi connectivity index (χ0v) is 13.4. The molecule has 0 unspecified atom stereocenters. The molecule has 3 rings (SSSR count). The van der Waals surface area contributed by atoms with Crippen molar-refractivity contribution in [1.82, 2.24) is 10.3 Å². The van der Waals surface area contributed by atoms with Gasteiger partial charge in [0, 0.05) is 16.9 Å². The van der Waals surface area contributed by atoms with E-state index in [1.807, 2.05) is 35.7 Å². The van der Waals surface area contributed by atoms with Gasteiger partial charge < -0.3 is 10.4 Å². The van der Waals surface area contributed by atoms with Gasteiger partial charge in [0.05, 0.1) is 18.2 Å². The van der Waals surface area contributed by atoms with Crippen LogP contribution in [-0.2, 0) is 16.1 Å². The van der Waals surface area contributed by atoms with Crippen molar-refractivity contribution in [3.63, 3.8) is 0 Å². The lowest BCUT2D eigenvalue weighted by Crippen LogP contribution is -2.29. The van der Waals surface area contributed by atoms with Gasteiger partial charge in [0.1, 0.15) is 5.01 Å². The summed E-state index contributed by atoms with van der Waals surface area (Å²) >= 11 is 1.51. The molecule has 120 valence electrons. The van der Waals surface area contributed by atoms with Crippen molar-refractivity contribution < 1.29 is 14.7 Å². The van der Waals surface area contributed by atoms with Crippen molar-refractivity contribution in [3.05, 3.63) is 40.7 Å². The predicted molar refractivity (Wildman–Crippen MR) is 87.9 cm³/mol. The fourth-order valence-corrected chi connectivity index (χ4v) is 3.63. The number of amides is 1. The second-order valence-corrected chi connectivity index (χ2v) is 6.70. The molecule has 0 bridgehead atoms. The number of carbonyl (C=O) groups excluding carboxylic acids is 1. The highest BCUT2D eigenvalue weighted by molar-refractivity contribution is 7.09. The van der Waals surface area contributed by atoms with Crippen molar-refractivity contribution >= 4 is 23.2 Å². The number of nitrogens with one attached hydrogen (secondary N) is 1. The molecule has 0 aliphatic heterocycles. The Hall–Kier alpha value is -2.21. The number of benzene rings is 1. The maximum absolute atomic E-state index is 12.1. The summed E-state index contributed by atoms with van der Waals surface area (Å²) in [6.45, 7) is 0.393. The summed E-state index contributed by atoms with van der Waals surface area (Å²) in [5.41, 5.74) is 1.97. The third kappa shape index (κ3) is 3.76. The summed E-state index contributed by atoms with van der Waals surface area (Å²) in [7, 11) is 0. The van der Waals surface area contributed by atoms with Gasteiger partial charge in [-0.25, -0.2) is 4.98 Å². The molecule has 2 atom stereocenters. The second-order valence-electron chi connectivity index (χ2n) is 5.76. The first-order valence-electron chi connectivity index (χ1n) is 7.64. The molecule has 5 nitrogen and oxygen atoms in total. The summed E-state index contributed by atoms with van der Waals surface area (Å²) in [6, 6.07) is 9.90. The van der Waals surface area contributed by atoms with Gasteiger partial charge in [0.25, 0.3) is 0 Å². The minimum atomic E-state index is -0.798. The van der Waals surface area contributed by atoms with Crippen molar-refractivity contribution in [2.75, 3.05) is 0 Å². The van der Waals surface area contributed by atoms with Crippen LogP contribution in [0.15, 0.2) is 35.7 Å². The highest BCUT2D eigenvalue weighted by Crippen LogP contribution is 2.31. The van der Waals surface area contributed by atoms with Gasteiger partial charge in [-0.05, 0) is 19.3 Å². The Bertz CT molecular complexity index is 699. The average molecular weight is 330 g/mol. The smallest absolute Gasteiger partial charge is 0.306 e. The summed E-state index contributed by atoms with van der Waals surface area (Å²) in [5.74, 6) is -1.43. The molecule has 0 saturated heterocycles. The van der Waals surface area contributed by atoms with E-state index in [1.54, 1.807) is 0 Å². The number of hydrogen-bond acceptors (Lipinski definition) is 4. The number of thiazole rings is 1. The molecule has 1 aliphatic rings. The van der Waals surface area contributed by atoms with E-state index in [2.05, 4.69) is 10.3 Å². The van der Waals surface area contributed by atoms with Gasteiger partial charge >= 0.3 is 5.97 Å². The van der Waals surface area contributed by atoms with Crippen LogP contribution in [0.4, 0.5) is 0 Å². The van der Waals surface area contributed by atoms with Crippen LogP contribution in [0, 0.1) is 11.8 Å². The SMILES string of the molecule is O=C(O)[C@@H]1CC[C@H](C(=O)NCc2nc(-c3ccccc3)cs2)C1. The van der Waals surface area contributed by atoms with E-state index < -0.39 is 5.97 Å². The maximum atomic E-state index is 12.1. The molecule has 1 aromatic carbocycles. The molecule has 0 radical (unpaired) electrons. The van der Waals surface area contributed by atoms with Crippen LogP contribution < -0.4 is 5.32 Å². The molecule has 1 aromatic heterocycles. The summed E-state index contributed by atoms with van der Waals surface area (Å²) in [4.78, 5) is 27.6. The fourth-order valence-electron chi connectivity index (χ4n) is 2.88. The topological polar surface area (TPSA) is 79.3 Å². The van der Waals surface area contributed by atoms with E-state index >= 15 is 0 Å². The minimum absolute atomic E-state index is 0.0646. The van der Waals surface area contributed by atoms with E-state index in [1.165, 1.54) is 11.3 Å². The molecule has 1 amide bonds. The maximum Gasteiger partial charge on any atom is 0.306 e. The van der Waals surface area contributed by atoms with Crippen molar-refractivity contribution in [3.8, 4) is 11.3 Å². The fraction of sp³-hybridized carbons (Fsp3) is 0.353. The third-order valence-electron chi connectivity index (χ3n) is 4.19. The average Bonchev–Trinajstić information content (AvgIpc) is 3.23. The monoisotopic (exact) mass is 330 g/mol. The number of aromatic nitrogens is 1. The molecule has 1 saturated carbocycles. The second kappa shape index (κ2) is 6.91. The van der Waals surface area contributed by atoms with Crippen molar-refractivity contribution in [2.24, 2.45) is 11.8 Å². The third-order valence-corrected chi connectivity index (χ3v) is 5.04. The quantitative estimate of drug-likeness (QED) is 0.883. The number of carbonyl (C=O) groups is 2. The summed E-state index contributed by atoms with van der Waals surface area (Å²) < 4.78 is 0. The highest BCUT2D eigenvalue weighted by Gasteiger charge is 2.33. The van der Waals surface area contributed by atoms with Crippen LogP contribution in [0.5, 0.6) is 0 Å². The molecule has 2 aromatic rings. The number of rotatable bonds is 5. The molecule has 23 heavy (non-hydrogen) atoms. The van der Waals surface area contributed by atoms with Crippen LogP contribution in [0.1, 0.15) is 24.3 Å². The number of carboxylic acid groups (broad SMARTS) is 1. The number of carboxylic acids is 1. The number of aliphatic carboxylic acids is 1. The summed E-state index contributed by atoms with van der Waals surface area (Å²) in [5, 5.41) is 14.7. The van der Waals surface area contributed by atoms with Gasteiger partial charge in [0.15, 0.2) is 0 Å². The molecule has 6 heteroatoms. The molecule has 2 N–H and O–H groups in total. The van der Waals surface area contributed by atoms with Gasteiger partial charge in [-0.15, -0.1) is 11.3 Å². The van der Waals surface area contributed by atoms with Crippen LogP contribution in [0.3, 0.4) is 0 Å². The predicted octanol–water partition coefficient (Wildman–Crippen LogP) is 2.93. The first-order chi connectivity index (χ1) is 11.1. The largest absolute Gasteiger partial charge is 0.481 e. The Balaban J connectivity index is 1.54. The Morgan fingerprint density at radius 1 is 1.22 bits per heavy atom. The zero-order valence-electron chi connectivity index (χ0n) is 12.6. The van der Waals surface area contributed by atoms with Gasteiger partial charge in [-0.3, -0.25) is 9.59 Å². The normalized spacial score (nSPS) is 20.3. The van der Waals surface area contributed by atoms with E-state index in [-0.39, 0.29) is 17.7 Å². The molecule has 1 aliphatic carbocycles. The Labute approximate surface area is 138 Å². The number of hydrogen-bond donors (Lipinski definition) is 2. The molecular formula is C17H18N2O3S. The molecular weight excluding hydrogens is 312 g/mol. The highest BCUT2D eigenvalue weighted by atomic mass is 32.1. The minimum Gasteiger partial charge on any atom is -0.481 e.